The number of pyridine rings is 1. The first-order valence-corrected chi connectivity index (χ1v) is 11.3. The van der Waals surface area contributed by atoms with Crippen molar-refractivity contribution in [2.45, 2.75) is 44.1 Å². The Morgan fingerprint density at radius 3 is 2.47 bits per heavy atom. The molecule has 4 rings (SSSR count). The Morgan fingerprint density at radius 2 is 1.81 bits per heavy atom. The van der Waals surface area contributed by atoms with Crippen LogP contribution in [-0.4, -0.2) is 29.1 Å². The van der Waals surface area contributed by atoms with Gasteiger partial charge in [-0.25, -0.2) is 0 Å². The Labute approximate surface area is 189 Å². The van der Waals surface area contributed by atoms with Crippen molar-refractivity contribution in [1.29, 1.82) is 0 Å². The number of likely N-dealkylation sites (tertiary alicyclic amines) is 1. The summed E-state index contributed by atoms with van der Waals surface area (Å²) in [6.45, 7) is 2.91. The van der Waals surface area contributed by atoms with Gasteiger partial charge in [-0.3, -0.25) is 4.79 Å². The predicted molar refractivity (Wildman–Crippen MR) is 125 cm³/mol. The van der Waals surface area contributed by atoms with Crippen molar-refractivity contribution in [3.8, 4) is 11.1 Å². The fraction of sp³-hybridized carbons (Fsp3) is 0.333. The van der Waals surface area contributed by atoms with E-state index in [1.165, 1.54) is 11.8 Å². The molecule has 32 heavy (non-hydrogen) atoms. The summed E-state index contributed by atoms with van der Waals surface area (Å²) < 4.78 is 0.800. The van der Waals surface area contributed by atoms with Crippen molar-refractivity contribution < 1.29 is 14.6 Å². The van der Waals surface area contributed by atoms with E-state index in [9.17, 15) is 15.1 Å². The highest BCUT2D eigenvalue weighted by molar-refractivity contribution is 5.79. The van der Waals surface area contributed by atoms with E-state index in [0.29, 0.717) is 19.4 Å². The highest BCUT2D eigenvalue weighted by Crippen LogP contribution is 2.42. The third-order valence-corrected chi connectivity index (χ3v) is 6.81. The number of rotatable bonds is 7. The second kappa shape index (κ2) is 9.53. The molecule has 2 heterocycles. The van der Waals surface area contributed by atoms with Crippen LogP contribution in [0.2, 0.25) is 0 Å². The van der Waals surface area contributed by atoms with E-state index in [1.54, 1.807) is 12.3 Å². The van der Waals surface area contributed by atoms with Gasteiger partial charge in [0.1, 0.15) is 0 Å². The lowest BCUT2D eigenvalue weighted by molar-refractivity contribution is -0.604. The third kappa shape index (κ3) is 4.53. The Hall–Kier alpha value is -3.18. The van der Waals surface area contributed by atoms with E-state index in [-0.39, 0.29) is 24.0 Å². The number of benzene rings is 2. The molecule has 5 nitrogen and oxygen atoms in total. The molecule has 0 saturated carbocycles. The molecule has 0 bridgehead atoms. The maximum atomic E-state index is 13.3. The molecule has 0 spiro atoms. The SMILES string of the molecule is C[C@@H](c1ccc(-c2ccc[n+]([O-])c2)cc1)N1CCC(CCCO)(c2ccccc2)CC1=O. The van der Waals surface area contributed by atoms with Crippen molar-refractivity contribution in [3.63, 3.8) is 0 Å². The molecular weight excluding hydrogens is 400 g/mol. The van der Waals surface area contributed by atoms with Crippen LogP contribution in [0, 0.1) is 5.21 Å². The lowest BCUT2D eigenvalue weighted by Crippen LogP contribution is -2.47. The molecule has 1 fully saturated rings. The summed E-state index contributed by atoms with van der Waals surface area (Å²) in [7, 11) is 0. The average Bonchev–Trinajstić information content (AvgIpc) is 2.83. The van der Waals surface area contributed by atoms with E-state index in [1.807, 2.05) is 53.4 Å². The molecule has 1 aliphatic rings. The van der Waals surface area contributed by atoms with Gasteiger partial charge in [0.05, 0.1) is 6.04 Å². The second-order valence-corrected chi connectivity index (χ2v) is 8.74. The summed E-state index contributed by atoms with van der Waals surface area (Å²) in [4.78, 5) is 15.3. The van der Waals surface area contributed by atoms with Gasteiger partial charge in [-0.15, -0.1) is 0 Å². The molecule has 1 saturated heterocycles. The van der Waals surface area contributed by atoms with Crippen LogP contribution in [0.1, 0.15) is 49.8 Å². The first-order valence-electron chi connectivity index (χ1n) is 11.3. The van der Waals surface area contributed by atoms with E-state index in [0.717, 1.165) is 34.3 Å². The molecule has 2 aromatic carbocycles. The summed E-state index contributed by atoms with van der Waals surface area (Å²) in [5, 5.41) is 21.0. The minimum atomic E-state index is -0.206. The summed E-state index contributed by atoms with van der Waals surface area (Å²) in [5.41, 5.74) is 3.91. The molecule has 1 aromatic heterocycles. The number of amides is 1. The van der Waals surface area contributed by atoms with Gasteiger partial charge in [0.15, 0.2) is 12.4 Å². The van der Waals surface area contributed by atoms with Gasteiger partial charge in [-0.05, 0) is 48.9 Å². The molecule has 1 amide bonds. The van der Waals surface area contributed by atoms with Crippen molar-refractivity contribution in [3.05, 3.63) is 95.5 Å². The zero-order chi connectivity index (χ0) is 22.6. The third-order valence-electron chi connectivity index (χ3n) is 6.81. The molecule has 5 heteroatoms. The Kier molecular flexibility index (Phi) is 6.56. The van der Waals surface area contributed by atoms with Crippen molar-refractivity contribution >= 4 is 5.91 Å². The molecule has 1 aliphatic heterocycles. The Morgan fingerprint density at radius 1 is 1.06 bits per heavy atom. The first kappa shape index (κ1) is 22.0. The van der Waals surface area contributed by atoms with Gasteiger partial charge in [-0.1, -0.05) is 54.6 Å². The fourth-order valence-electron chi connectivity index (χ4n) is 4.92. The lowest BCUT2D eigenvalue weighted by Gasteiger charge is -2.44. The standard InChI is InChI=1S/C27H30N2O3/c1-21(22-10-12-23(13-11-22)24-7-5-16-28(32)20-24)29-17-15-27(14-6-18-30,19-26(29)31)25-8-3-2-4-9-25/h2-5,7-13,16,20-21,30H,6,14-15,17-19H2,1H3/t21-,27?/m0/s1. The quantitative estimate of drug-likeness (QED) is 0.447. The number of hydrogen-bond acceptors (Lipinski definition) is 3. The molecule has 0 aliphatic carbocycles. The van der Waals surface area contributed by atoms with Crippen LogP contribution in [0.4, 0.5) is 0 Å². The fourth-order valence-corrected chi connectivity index (χ4v) is 4.92. The van der Waals surface area contributed by atoms with Crippen LogP contribution in [0.25, 0.3) is 11.1 Å². The summed E-state index contributed by atoms with van der Waals surface area (Å²) in [6.07, 6.45) is 5.89. The smallest absolute Gasteiger partial charge is 0.223 e. The number of piperidine rings is 1. The summed E-state index contributed by atoms with van der Waals surface area (Å²) >= 11 is 0. The van der Waals surface area contributed by atoms with Crippen molar-refractivity contribution in [2.75, 3.05) is 13.2 Å². The van der Waals surface area contributed by atoms with Gasteiger partial charge in [-0.2, -0.15) is 4.73 Å². The van der Waals surface area contributed by atoms with Gasteiger partial charge in [0.2, 0.25) is 5.91 Å². The first-order chi connectivity index (χ1) is 15.5. The van der Waals surface area contributed by atoms with Gasteiger partial charge in [0.25, 0.3) is 0 Å². The molecule has 166 valence electrons. The Bertz CT molecular complexity index is 1050. The average molecular weight is 431 g/mol. The number of aliphatic hydroxyl groups excluding tert-OH is 1. The van der Waals surface area contributed by atoms with Crippen LogP contribution < -0.4 is 4.73 Å². The van der Waals surface area contributed by atoms with Crippen LogP contribution in [-0.2, 0) is 10.2 Å². The van der Waals surface area contributed by atoms with E-state index in [4.69, 9.17) is 0 Å². The molecule has 0 radical (unpaired) electrons. The highest BCUT2D eigenvalue weighted by atomic mass is 16.5. The number of aromatic nitrogens is 1. The molecule has 1 unspecified atom stereocenters. The van der Waals surface area contributed by atoms with E-state index < -0.39 is 0 Å². The van der Waals surface area contributed by atoms with E-state index >= 15 is 0 Å². The van der Waals surface area contributed by atoms with E-state index in [2.05, 4.69) is 19.1 Å². The van der Waals surface area contributed by atoms with Gasteiger partial charge < -0.3 is 15.2 Å². The minimum Gasteiger partial charge on any atom is -0.619 e. The monoisotopic (exact) mass is 430 g/mol. The normalized spacial score (nSPS) is 19.7. The minimum absolute atomic E-state index is 0.0246. The van der Waals surface area contributed by atoms with Gasteiger partial charge >= 0.3 is 0 Å². The molecular formula is C27H30N2O3. The largest absolute Gasteiger partial charge is 0.619 e. The van der Waals surface area contributed by atoms with Crippen LogP contribution in [0.5, 0.6) is 0 Å². The topological polar surface area (TPSA) is 67.5 Å². The zero-order valence-electron chi connectivity index (χ0n) is 18.5. The summed E-state index contributed by atoms with van der Waals surface area (Å²) in [6, 6.07) is 22.0. The predicted octanol–water partition coefficient (Wildman–Crippen LogP) is 4.38. The number of hydrogen-bond donors (Lipinski definition) is 1. The number of carbonyl (C=O) groups is 1. The molecule has 3 aromatic rings. The maximum Gasteiger partial charge on any atom is 0.223 e. The van der Waals surface area contributed by atoms with Crippen molar-refractivity contribution in [2.24, 2.45) is 0 Å². The number of carbonyl (C=O) groups excluding carboxylic acids is 1. The Balaban J connectivity index is 1.51. The van der Waals surface area contributed by atoms with Crippen molar-refractivity contribution in [1.82, 2.24) is 4.90 Å². The van der Waals surface area contributed by atoms with Crippen LogP contribution in [0.15, 0.2) is 79.1 Å². The highest BCUT2D eigenvalue weighted by Gasteiger charge is 2.41. The summed E-state index contributed by atoms with van der Waals surface area (Å²) in [5.74, 6) is 0.157. The number of aliphatic hydroxyl groups is 1. The second-order valence-electron chi connectivity index (χ2n) is 8.74. The van der Waals surface area contributed by atoms with Gasteiger partial charge in [0, 0.05) is 36.6 Å². The molecule has 2 atom stereocenters. The van der Waals surface area contributed by atoms with Crippen LogP contribution >= 0.6 is 0 Å². The lowest BCUT2D eigenvalue weighted by atomic mass is 9.69. The number of nitrogens with zero attached hydrogens (tertiary/aromatic N) is 2. The van der Waals surface area contributed by atoms with Crippen LogP contribution in [0.3, 0.4) is 0 Å². The maximum absolute atomic E-state index is 13.3. The zero-order valence-corrected chi connectivity index (χ0v) is 18.5. The molecule has 1 N–H and O–H groups in total.